The van der Waals surface area contributed by atoms with Crippen LogP contribution >= 0.6 is 0 Å². The molecule has 0 atom stereocenters. The molecule has 3 aromatic carbocycles. The monoisotopic (exact) mass is 503 g/mol. The van der Waals surface area contributed by atoms with Crippen molar-refractivity contribution in [2.45, 2.75) is 13.0 Å². The Labute approximate surface area is 215 Å². The van der Waals surface area contributed by atoms with Gasteiger partial charge in [0.15, 0.2) is 17.3 Å². The van der Waals surface area contributed by atoms with Gasteiger partial charge in [-0.3, -0.25) is 9.69 Å². The zero-order valence-electron chi connectivity index (χ0n) is 21.3. The van der Waals surface area contributed by atoms with E-state index >= 15 is 0 Å². The molecule has 0 N–H and O–H groups in total. The molecule has 8 nitrogen and oxygen atoms in total. The second kappa shape index (κ2) is 10.4. The highest BCUT2D eigenvalue weighted by molar-refractivity contribution is 6.15. The fourth-order valence-corrected chi connectivity index (χ4v) is 4.72. The van der Waals surface area contributed by atoms with Crippen LogP contribution in [0.15, 0.2) is 54.3 Å². The molecule has 2 aliphatic heterocycles. The maximum Gasteiger partial charge on any atom is 0.231 e. The highest BCUT2D eigenvalue weighted by Gasteiger charge is 2.34. The van der Waals surface area contributed by atoms with E-state index in [0.717, 1.165) is 35.6 Å². The number of benzene rings is 3. The first kappa shape index (κ1) is 24.5. The first-order valence-electron chi connectivity index (χ1n) is 11.9. The van der Waals surface area contributed by atoms with Gasteiger partial charge in [0.05, 0.1) is 39.6 Å². The second-order valence-electron chi connectivity index (χ2n) is 8.67. The zero-order valence-corrected chi connectivity index (χ0v) is 21.3. The zero-order chi connectivity index (χ0) is 25.9. The Kier molecular flexibility index (Phi) is 6.92. The Balaban J connectivity index is 1.40. The average molecular weight is 504 g/mol. The number of ether oxygens (including phenoxy) is 6. The highest BCUT2D eigenvalue weighted by atomic mass is 16.5. The number of fused-ring (bicyclic) bond motifs is 3. The summed E-state index contributed by atoms with van der Waals surface area (Å²) in [6, 6.07) is 15.2. The predicted octanol–water partition coefficient (Wildman–Crippen LogP) is 4.73. The van der Waals surface area contributed by atoms with Gasteiger partial charge in [0.1, 0.15) is 24.0 Å². The Morgan fingerprint density at radius 1 is 0.892 bits per heavy atom. The van der Waals surface area contributed by atoms with Crippen LogP contribution in [-0.4, -0.2) is 52.4 Å². The van der Waals surface area contributed by atoms with E-state index in [2.05, 4.69) is 11.0 Å². The maximum absolute atomic E-state index is 13.3. The van der Waals surface area contributed by atoms with Crippen molar-refractivity contribution < 1.29 is 33.2 Å². The number of hydrogen-bond acceptors (Lipinski definition) is 8. The molecule has 0 saturated carbocycles. The van der Waals surface area contributed by atoms with E-state index in [4.69, 9.17) is 28.4 Å². The van der Waals surface area contributed by atoms with E-state index in [0.29, 0.717) is 47.4 Å². The van der Waals surface area contributed by atoms with Crippen LogP contribution < -0.4 is 28.4 Å². The summed E-state index contributed by atoms with van der Waals surface area (Å²) in [5.74, 6) is 3.58. The molecule has 5 rings (SSSR count). The molecule has 2 heterocycles. The van der Waals surface area contributed by atoms with Gasteiger partial charge in [0.2, 0.25) is 11.5 Å². The molecule has 0 saturated heterocycles. The first-order chi connectivity index (χ1) is 18.1. The molecule has 2 aliphatic rings. The van der Waals surface area contributed by atoms with Gasteiger partial charge in [-0.2, -0.15) is 0 Å². The number of carbonyl (C=O) groups is 1. The van der Waals surface area contributed by atoms with Crippen molar-refractivity contribution in [3.8, 4) is 34.5 Å². The minimum absolute atomic E-state index is 0.194. The summed E-state index contributed by atoms with van der Waals surface area (Å²) in [4.78, 5) is 15.5. The number of Topliss-reactive ketones (excluding diaryl/α,β-unsaturated/α-hetero) is 1. The van der Waals surface area contributed by atoms with Gasteiger partial charge >= 0.3 is 0 Å². The van der Waals surface area contributed by atoms with Gasteiger partial charge in [-0.1, -0.05) is 18.2 Å². The molecule has 8 heteroatoms. The number of ketones is 1. The summed E-state index contributed by atoms with van der Waals surface area (Å²) in [6.07, 6.45) is 2.47. The van der Waals surface area contributed by atoms with Crippen LogP contribution in [0.5, 0.6) is 34.5 Å². The SMILES string of the molecule is COc1ccccc1CCN1COc2ccc3c(c2C1)O/C(=C\c1ccc(OC)c(OC)c1OC)C3=O. The van der Waals surface area contributed by atoms with Crippen molar-refractivity contribution in [1.29, 1.82) is 0 Å². The minimum atomic E-state index is -0.194. The molecule has 0 aromatic heterocycles. The van der Waals surface area contributed by atoms with Crippen LogP contribution in [0.3, 0.4) is 0 Å². The molecular weight excluding hydrogens is 474 g/mol. The van der Waals surface area contributed by atoms with E-state index in [1.807, 2.05) is 24.3 Å². The van der Waals surface area contributed by atoms with Gasteiger partial charge in [-0.05, 0) is 48.4 Å². The number of carbonyl (C=O) groups excluding carboxylic acids is 1. The summed E-state index contributed by atoms with van der Waals surface area (Å²) in [7, 11) is 6.31. The predicted molar refractivity (Wildman–Crippen MR) is 138 cm³/mol. The smallest absolute Gasteiger partial charge is 0.231 e. The molecule has 0 aliphatic carbocycles. The van der Waals surface area contributed by atoms with E-state index < -0.39 is 0 Å². The average Bonchev–Trinajstić information content (AvgIpc) is 3.26. The Morgan fingerprint density at radius 2 is 1.68 bits per heavy atom. The number of para-hydroxylation sites is 1. The maximum atomic E-state index is 13.3. The first-order valence-corrected chi connectivity index (χ1v) is 11.9. The molecule has 3 aromatic rings. The summed E-state index contributed by atoms with van der Waals surface area (Å²) < 4.78 is 34.1. The molecule has 0 spiro atoms. The van der Waals surface area contributed by atoms with Gasteiger partial charge in [0.25, 0.3) is 0 Å². The lowest BCUT2D eigenvalue weighted by Gasteiger charge is -2.29. The Bertz CT molecular complexity index is 1360. The molecule has 0 bridgehead atoms. The molecule has 0 fully saturated rings. The number of hydrogen-bond donors (Lipinski definition) is 0. The molecule has 192 valence electrons. The summed E-state index contributed by atoms with van der Waals surface area (Å²) in [6.45, 7) is 1.83. The highest BCUT2D eigenvalue weighted by Crippen LogP contribution is 2.44. The van der Waals surface area contributed by atoms with E-state index in [9.17, 15) is 4.79 Å². The summed E-state index contributed by atoms with van der Waals surface area (Å²) in [5, 5.41) is 0. The lowest BCUT2D eigenvalue weighted by atomic mass is 10.0. The van der Waals surface area contributed by atoms with Crippen molar-refractivity contribution >= 4 is 11.9 Å². The van der Waals surface area contributed by atoms with Crippen LogP contribution in [0.1, 0.15) is 27.0 Å². The standard InChI is InChI=1S/C29H29NO7/c1-32-22-8-6-5-7-18(22)13-14-30-16-21-23(36-17-30)12-10-20-26(31)25(37-28(20)21)15-19-9-11-24(33-2)29(35-4)27(19)34-3/h5-12,15H,13-14,16-17H2,1-4H3/b25-15-. The van der Waals surface area contributed by atoms with Crippen LogP contribution in [0.4, 0.5) is 0 Å². The molecule has 0 unspecified atom stereocenters. The summed E-state index contributed by atoms with van der Waals surface area (Å²) in [5.41, 5.74) is 3.15. The third kappa shape index (κ3) is 4.56. The lowest BCUT2D eigenvalue weighted by molar-refractivity contribution is 0.0948. The van der Waals surface area contributed by atoms with Crippen molar-refractivity contribution in [1.82, 2.24) is 4.90 Å². The largest absolute Gasteiger partial charge is 0.496 e. The Hall–Kier alpha value is -4.17. The van der Waals surface area contributed by atoms with Gasteiger partial charge < -0.3 is 28.4 Å². The third-order valence-electron chi connectivity index (χ3n) is 6.59. The van der Waals surface area contributed by atoms with Gasteiger partial charge in [-0.25, -0.2) is 0 Å². The van der Waals surface area contributed by atoms with Crippen molar-refractivity contribution in [2.24, 2.45) is 0 Å². The minimum Gasteiger partial charge on any atom is -0.496 e. The third-order valence-corrected chi connectivity index (χ3v) is 6.59. The number of allylic oxidation sites excluding steroid dienone is 1. The van der Waals surface area contributed by atoms with E-state index in [-0.39, 0.29) is 11.5 Å². The van der Waals surface area contributed by atoms with Crippen LogP contribution in [0.2, 0.25) is 0 Å². The number of nitrogens with zero attached hydrogens (tertiary/aromatic N) is 1. The summed E-state index contributed by atoms with van der Waals surface area (Å²) >= 11 is 0. The number of methoxy groups -OCH3 is 4. The number of rotatable bonds is 8. The van der Waals surface area contributed by atoms with Crippen molar-refractivity contribution in [3.05, 3.63) is 76.5 Å². The molecule has 37 heavy (non-hydrogen) atoms. The quantitative estimate of drug-likeness (QED) is 0.409. The van der Waals surface area contributed by atoms with Crippen LogP contribution in [0, 0.1) is 0 Å². The molecular formula is C29H29NO7. The topological polar surface area (TPSA) is 75.7 Å². The fourth-order valence-electron chi connectivity index (χ4n) is 4.72. The van der Waals surface area contributed by atoms with E-state index in [1.54, 1.807) is 45.6 Å². The van der Waals surface area contributed by atoms with E-state index in [1.165, 1.54) is 7.11 Å². The molecule has 0 amide bonds. The van der Waals surface area contributed by atoms with Crippen molar-refractivity contribution in [2.75, 3.05) is 41.7 Å². The van der Waals surface area contributed by atoms with Gasteiger partial charge in [0, 0.05) is 18.7 Å². The fraction of sp³-hybridized carbons (Fsp3) is 0.276. The normalized spacial score (nSPS) is 15.5. The Morgan fingerprint density at radius 3 is 2.43 bits per heavy atom. The second-order valence-corrected chi connectivity index (χ2v) is 8.67. The lowest BCUT2D eigenvalue weighted by Crippen LogP contribution is -2.33. The van der Waals surface area contributed by atoms with Crippen LogP contribution in [0.25, 0.3) is 6.08 Å². The van der Waals surface area contributed by atoms with Crippen molar-refractivity contribution in [3.63, 3.8) is 0 Å². The van der Waals surface area contributed by atoms with Gasteiger partial charge in [-0.15, -0.1) is 0 Å². The van der Waals surface area contributed by atoms with Crippen LogP contribution in [-0.2, 0) is 13.0 Å². The molecule has 0 radical (unpaired) electrons.